The molecule has 0 aliphatic carbocycles. The van der Waals surface area contributed by atoms with E-state index < -0.39 is 41.8 Å². The summed E-state index contributed by atoms with van der Waals surface area (Å²) in [4.78, 5) is 48.2. The third-order valence-corrected chi connectivity index (χ3v) is 4.88. The Bertz CT molecular complexity index is 708. The number of nitrogens with zero attached hydrogens (tertiary/aromatic N) is 1. The molecule has 1 fully saturated rings. The lowest BCUT2D eigenvalue weighted by atomic mass is 9.86. The second-order valence-electron chi connectivity index (χ2n) is 6.73. The van der Waals surface area contributed by atoms with Crippen LogP contribution in [0.2, 0.25) is 0 Å². The number of ether oxygens (including phenoxy) is 1. The molecular formula is C19H24N2O7. The van der Waals surface area contributed by atoms with Crippen molar-refractivity contribution in [3.63, 3.8) is 0 Å². The van der Waals surface area contributed by atoms with E-state index in [4.69, 9.17) is 4.74 Å². The molecule has 0 bridgehead atoms. The van der Waals surface area contributed by atoms with Gasteiger partial charge in [-0.2, -0.15) is 0 Å². The molecule has 2 rings (SSSR count). The van der Waals surface area contributed by atoms with Gasteiger partial charge >= 0.3 is 18.0 Å². The molecule has 1 saturated heterocycles. The first kappa shape index (κ1) is 21.2. The second-order valence-corrected chi connectivity index (χ2v) is 6.73. The van der Waals surface area contributed by atoms with E-state index >= 15 is 0 Å². The molecule has 0 spiro atoms. The van der Waals surface area contributed by atoms with Gasteiger partial charge < -0.3 is 25.2 Å². The lowest BCUT2D eigenvalue weighted by molar-refractivity contribution is -0.159. The molecule has 152 valence electrons. The van der Waals surface area contributed by atoms with Crippen LogP contribution in [0.1, 0.15) is 25.3 Å². The van der Waals surface area contributed by atoms with E-state index in [-0.39, 0.29) is 13.2 Å². The van der Waals surface area contributed by atoms with Gasteiger partial charge in [-0.05, 0) is 18.4 Å². The van der Waals surface area contributed by atoms with Gasteiger partial charge in [-0.15, -0.1) is 0 Å². The van der Waals surface area contributed by atoms with E-state index in [0.717, 1.165) is 5.56 Å². The molecule has 1 aliphatic rings. The van der Waals surface area contributed by atoms with Gasteiger partial charge in [0.05, 0.1) is 0 Å². The van der Waals surface area contributed by atoms with Gasteiger partial charge in [0.2, 0.25) is 5.91 Å². The lowest BCUT2D eigenvalue weighted by Gasteiger charge is -2.31. The Kier molecular flexibility index (Phi) is 7.36. The number of aliphatic carboxylic acids is 2. The van der Waals surface area contributed by atoms with E-state index in [0.29, 0.717) is 19.4 Å². The molecule has 2 amide bonds. The van der Waals surface area contributed by atoms with Crippen LogP contribution in [-0.2, 0) is 25.7 Å². The number of hydrogen-bond acceptors (Lipinski definition) is 5. The summed E-state index contributed by atoms with van der Waals surface area (Å²) in [5.41, 5.74) is 0.811. The van der Waals surface area contributed by atoms with Crippen molar-refractivity contribution in [1.82, 2.24) is 10.2 Å². The van der Waals surface area contributed by atoms with Crippen LogP contribution in [0, 0.1) is 11.8 Å². The van der Waals surface area contributed by atoms with Gasteiger partial charge in [0.15, 0.2) is 5.92 Å². The zero-order chi connectivity index (χ0) is 20.7. The van der Waals surface area contributed by atoms with Crippen LogP contribution in [-0.4, -0.2) is 58.2 Å². The van der Waals surface area contributed by atoms with Gasteiger partial charge in [-0.25, -0.2) is 4.79 Å². The quantitative estimate of drug-likeness (QED) is 0.568. The average Bonchev–Trinajstić information content (AvgIpc) is 3.14. The van der Waals surface area contributed by atoms with Crippen molar-refractivity contribution >= 4 is 23.9 Å². The summed E-state index contributed by atoms with van der Waals surface area (Å²) in [6.07, 6.45) is 0.420. The normalized spacial score (nSPS) is 17.2. The molecule has 2 atom stereocenters. The van der Waals surface area contributed by atoms with Crippen LogP contribution in [0.15, 0.2) is 30.3 Å². The third-order valence-electron chi connectivity index (χ3n) is 4.88. The maximum Gasteiger partial charge on any atom is 0.407 e. The molecule has 1 heterocycles. The molecule has 9 heteroatoms. The van der Waals surface area contributed by atoms with Crippen molar-refractivity contribution in [2.75, 3.05) is 13.1 Å². The predicted molar refractivity (Wildman–Crippen MR) is 97.3 cm³/mol. The fraction of sp³-hybridized carbons (Fsp3) is 0.474. The maximum atomic E-state index is 12.5. The topological polar surface area (TPSA) is 133 Å². The Morgan fingerprint density at radius 3 is 2.43 bits per heavy atom. The van der Waals surface area contributed by atoms with Crippen LogP contribution >= 0.6 is 0 Å². The van der Waals surface area contributed by atoms with Crippen LogP contribution in [0.5, 0.6) is 0 Å². The Morgan fingerprint density at radius 2 is 1.82 bits per heavy atom. The average molecular weight is 392 g/mol. The first-order valence-electron chi connectivity index (χ1n) is 9.01. The first-order valence-corrected chi connectivity index (χ1v) is 9.01. The fourth-order valence-corrected chi connectivity index (χ4v) is 3.45. The highest BCUT2D eigenvalue weighted by atomic mass is 16.5. The zero-order valence-electron chi connectivity index (χ0n) is 15.5. The van der Waals surface area contributed by atoms with Crippen LogP contribution in [0.25, 0.3) is 0 Å². The molecule has 1 aliphatic heterocycles. The number of carboxylic acids is 2. The second kappa shape index (κ2) is 9.72. The number of hydrogen-bond donors (Lipinski definition) is 3. The number of amides is 2. The Balaban J connectivity index is 1.87. The number of carbonyl (C=O) groups excluding carboxylic acids is 2. The number of carboxylic acid groups (broad SMARTS) is 2. The summed E-state index contributed by atoms with van der Waals surface area (Å²) in [5.74, 6) is -5.61. The maximum absolute atomic E-state index is 12.5. The van der Waals surface area contributed by atoms with E-state index in [1.807, 2.05) is 18.2 Å². The Labute approximate surface area is 162 Å². The standard InChI is InChI=1S/C19H24N2O7/c1-12(16(17(23)24)18(25)26)14-8-5-9-21(14)15(22)10-20-19(27)28-11-13-6-3-2-4-7-13/h2-4,6-7,12,14,16H,5,8-11H2,1H3,(H,20,27)(H,23,24)(H,25,26). The zero-order valence-corrected chi connectivity index (χ0v) is 15.5. The summed E-state index contributed by atoms with van der Waals surface area (Å²) in [6.45, 7) is 1.68. The van der Waals surface area contributed by atoms with Crippen molar-refractivity contribution in [2.45, 2.75) is 32.4 Å². The van der Waals surface area contributed by atoms with Gasteiger partial charge in [0.1, 0.15) is 13.2 Å². The van der Waals surface area contributed by atoms with E-state index in [9.17, 15) is 29.4 Å². The molecule has 1 aromatic carbocycles. The summed E-state index contributed by atoms with van der Waals surface area (Å²) in [7, 11) is 0. The highest BCUT2D eigenvalue weighted by molar-refractivity contribution is 5.93. The van der Waals surface area contributed by atoms with Gasteiger partial charge in [0.25, 0.3) is 0 Å². The van der Waals surface area contributed by atoms with Gasteiger partial charge in [-0.1, -0.05) is 37.3 Å². The number of alkyl carbamates (subject to hydrolysis) is 1. The molecule has 0 saturated carbocycles. The highest BCUT2D eigenvalue weighted by Gasteiger charge is 2.42. The lowest BCUT2D eigenvalue weighted by Crippen LogP contribution is -2.48. The highest BCUT2D eigenvalue weighted by Crippen LogP contribution is 2.29. The minimum absolute atomic E-state index is 0.0726. The molecule has 2 unspecified atom stereocenters. The monoisotopic (exact) mass is 392 g/mol. The van der Waals surface area contributed by atoms with E-state index in [2.05, 4.69) is 5.32 Å². The predicted octanol–water partition coefficient (Wildman–Crippen LogP) is 1.33. The molecule has 9 nitrogen and oxygen atoms in total. The van der Waals surface area contributed by atoms with E-state index in [1.54, 1.807) is 12.1 Å². The Hall–Kier alpha value is -3.10. The Morgan fingerprint density at radius 1 is 1.18 bits per heavy atom. The third kappa shape index (κ3) is 5.45. The summed E-state index contributed by atoms with van der Waals surface area (Å²) < 4.78 is 5.04. The summed E-state index contributed by atoms with van der Waals surface area (Å²) in [5, 5.41) is 20.7. The minimum atomic E-state index is -1.60. The number of carbonyl (C=O) groups is 4. The largest absolute Gasteiger partial charge is 0.481 e. The van der Waals surface area contributed by atoms with Crippen LogP contribution in [0.4, 0.5) is 4.79 Å². The van der Waals surface area contributed by atoms with E-state index in [1.165, 1.54) is 11.8 Å². The van der Waals surface area contributed by atoms with Crippen molar-refractivity contribution in [3.05, 3.63) is 35.9 Å². The summed E-state index contributed by atoms with van der Waals surface area (Å²) >= 11 is 0. The van der Waals surface area contributed by atoms with Gasteiger partial charge in [-0.3, -0.25) is 14.4 Å². The number of benzene rings is 1. The molecule has 0 aromatic heterocycles. The first-order chi connectivity index (χ1) is 13.3. The van der Waals surface area contributed by atoms with Crippen molar-refractivity contribution in [3.8, 4) is 0 Å². The summed E-state index contributed by atoms with van der Waals surface area (Å²) in [6, 6.07) is 8.57. The van der Waals surface area contributed by atoms with Gasteiger partial charge in [0, 0.05) is 18.5 Å². The molecular weight excluding hydrogens is 368 g/mol. The molecule has 1 aromatic rings. The van der Waals surface area contributed by atoms with Crippen molar-refractivity contribution in [2.24, 2.45) is 11.8 Å². The van der Waals surface area contributed by atoms with Crippen molar-refractivity contribution < 1.29 is 34.1 Å². The number of likely N-dealkylation sites (tertiary alicyclic amines) is 1. The molecule has 0 radical (unpaired) electrons. The molecule has 3 N–H and O–H groups in total. The number of nitrogens with one attached hydrogen (secondary N) is 1. The number of rotatable bonds is 8. The van der Waals surface area contributed by atoms with Crippen LogP contribution < -0.4 is 5.32 Å². The fourth-order valence-electron chi connectivity index (χ4n) is 3.45. The minimum Gasteiger partial charge on any atom is -0.481 e. The van der Waals surface area contributed by atoms with Crippen molar-refractivity contribution in [1.29, 1.82) is 0 Å². The van der Waals surface area contributed by atoms with Crippen LogP contribution in [0.3, 0.4) is 0 Å². The molecule has 28 heavy (non-hydrogen) atoms. The SMILES string of the molecule is CC(C(C(=O)O)C(=O)O)C1CCCN1C(=O)CNC(=O)OCc1ccccc1. The smallest absolute Gasteiger partial charge is 0.407 e.